The average Bonchev–Trinajstić information content (AvgIpc) is 3.27. The van der Waals surface area contributed by atoms with Crippen molar-refractivity contribution in [2.24, 2.45) is 7.05 Å². The summed E-state index contributed by atoms with van der Waals surface area (Å²) in [7, 11) is 1.58. The summed E-state index contributed by atoms with van der Waals surface area (Å²) in [6.45, 7) is 6.30. The van der Waals surface area contributed by atoms with Gasteiger partial charge in [-0.05, 0) is 31.5 Å². The number of rotatable bonds is 4. The van der Waals surface area contributed by atoms with Gasteiger partial charge in [-0.1, -0.05) is 13.0 Å². The fraction of sp³-hybridized carbons (Fsp3) is 0.429. The Morgan fingerprint density at radius 1 is 1.09 bits per heavy atom. The Hall–Kier alpha value is -3.21. The van der Waals surface area contributed by atoms with Crippen LogP contribution in [0, 0.1) is 6.92 Å². The Balaban J connectivity index is 1.93. The summed E-state index contributed by atoms with van der Waals surface area (Å²) >= 11 is 0. The second kappa shape index (κ2) is 7.73. The van der Waals surface area contributed by atoms with E-state index in [-0.39, 0.29) is 29.3 Å². The van der Waals surface area contributed by atoms with Crippen LogP contribution >= 0.6 is 0 Å². The van der Waals surface area contributed by atoms with Gasteiger partial charge >= 0.3 is 6.18 Å². The number of hydrogen-bond acceptors (Lipinski definition) is 5. The zero-order valence-corrected chi connectivity index (χ0v) is 18.2. The number of halogens is 3. The minimum Gasteiger partial charge on any atom is -0.321 e. The SMILES string of the molecule is CCN1CCC(=O)N1c1ccc(C)c(-c2nc3cc(C(F)(F)F)n(CC)c(=O)c3n2C)n1. The highest BCUT2D eigenvalue weighted by Crippen LogP contribution is 2.32. The van der Waals surface area contributed by atoms with Crippen molar-refractivity contribution in [3.63, 3.8) is 0 Å². The maximum atomic E-state index is 13.5. The largest absolute Gasteiger partial charge is 0.431 e. The molecule has 0 spiro atoms. The number of pyridine rings is 2. The summed E-state index contributed by atoms with van der Waals surface area (Å²) in [5.74, 6) is 0.580. The van der Waals surface area contributed by atoms with E-state index in [1.165, 1.54) is 16.5 Å². The summed E-state index contributed by atoms with van der Waals surface area (Å²) in [6, 6.07) is 4.40. The number of fused-ring (bicyclic) bond motifs is 1. The van der Waals surface area contributed by atoms with E-state index in [0.29, 0.717) is 41.2 Å². The number of imidazole rings is 1. The molecule has 1 fully saturated rings. The predicted molar refractivity (Wildman–Crippen MR) is 113 cm³/mol. The van der Waals surface area contributed by atoms with E-state index in [0.717, 1.165) is 6.07 Å². The molecule has 1 aliphatic rings. The molecular weight excluding hydrogens is 425 g/mol. The van der Waals surface area contributed by atoms with Gasteiger partial charge in [0.25, 0.3) is 5.56 Å². The molecule has 4 heterocycles. The molecule has 0 unspecified atom stereocenters. The molecule has 0 aromatic carbocycles. The number of alkyl halides is 3. The summed E-state index contributed by atoms with van der Waals surface area (Å²) in [4.78, 5) is 34.3. The molecule has 0 radical (unpaired) electrons. The van der Waals surface area contributed by atoms with Gasteiger partial charge in [-0.2, -0.15) is 13.2 Å². The quantitative estimate of drug-likeness (QED) is 0.613. The topological polar surface area (TPSA) is 76.3 Å². The molecule has 0 aliphatic carbocycles. The minimum absolute atomic E-state index is 0.0523. The smallest absolute Gasteiger partial charge is 0.321 e. The molecule has 1 saturated heterocycles. The third kappa shape index (κ3) is 3.36. The van der Waals surface area contributed by atoms with Crippen LogP contribution < -0.4 is 10.6 Å². The lowest BCUT2D eigenvalue weighted by molar-refractivity contribution is -0.144. The van der Waals surface area contributed by atoms with Crippen LogP contribution in [-0.2, 0) is 24.6 Å². The van der Waals surface area contributed by atoms with Crippen molar-refractivity contribution in [3.05, 3.63) is 39.8 Å². The number of aryl methyl sites for hydroxylation is 2. The first-order valence-electron chi connectivity index (χ1n) is 10.3. The van der Waals surface area contributed by atoms with Crippen LogP contribution in [0.15, 0.2) is 23.0 Å². The fourth-order valence-corrected chi connectivity index (χ4v) is 4.10. The van der Waals surface area contributed by atoms with Crippen molar-refractivity contribution in [1.29, 1.82) is 0 Å². The van der Waals surface area contributed by atoms with Gasteiger partial charge in [0.05, 0.1) is 5.52 Å². The molecule has 8 nitrogen and oxygen atoms in total. The number of carbonyl (C=O) groups excluding carboxylic acids is 1. The number of nitrogens with zero attached hydrogens (tertiary/aromatic N) is 6. The van der Waals surface area contributed by atoms with E-state index in [2.05, 4.69) is 9.97 Å². The summed E-state index contributed by atoms with van der Waals surface area (Å²) in [5, 5.41) is 3.38. The van der Waals surface area contributed by atoms with Crippen LogP contribution in [0.25, 0.3) is 22.6 Å². The summed E-state index contributed by atoms with van der Waals surface area (Å²) in [6.07, 6.45) is -4.31. The molecule has 0 N–H and O–H groups in total. The first-order valence-corrected chi connectivity index (χ1v) is 10.3. The van der Waals surface area contributed by atoms with Crippen molar-refractivity contribution in [1.82, 2.24) is 24.1 Å². The Kier molecular flexibility index (Phi) is 5.32. The molecule has 1 amide bonds. The zero-order valence-electron chi connectivity index (χ0n) is 18.2. The number of amides is 1. The van der Waals surface area contributed by atoms with Crippen molar-refractivity contribution in [2.45, 2.75) is 39.9 Å². The van der Waals surface area contributed by atoms with E-state index in [4.69, 9.17) is 0 Å². The highest BCUT2D eigenvalue weighted by Gasteiger charge is 2.36. The number of aromatic nitrogens is 4. The molecule has 3 aromatic rings. The van der Waals surface area contributed by atoms with Gasteiger partial charge in [-0.25, -0.2) is 20.0 Å². The summed E-state index contributed by atoms with van der Waals surface area (Å²) < 4.78 is 42.7. The van der Waals surface area contributed by atoms with E-state index in [1.807, 2.05) is 11.9 Å². The Labute approximate surface area is 181 Å². The lowest BCUT2D eigenvalue weighted by Gasteiger charge is -2.26. The van der Waals surface area contributed by atoms with E-state index >= 15 is 0 Å². The molecule has 170 valence electrons. The molecule has 0 atom stereocenters. The molecule has 3 aromatic heterocycles. The third-order valence-electron chi connectivity index (χ3n) is 5.72. The molecule has 11 heteroatoms. The molecule has 32 heavy (non-hydrogen) atoms. The van der Waals surface area contributed by atoms with Crippen molar-refractivity contribution >= 4 is 22.8 Å². The number of anilines is 1. The van der Waals surface area contributed by atoms with E-state index in [9.17, 15) is 22.8 Å². The van der Waals surface area contributed by atoms with Crippen LogP contribution in [-0.4, -0.2) is 43.1 Å². The minimum atomic E-state index is -4.69. The Bertz CT molecular complexity index is 1280. The molecule has 0 bridgehead atoms. The Morgan fingerprint density at radius 2 is 1.81 bits per heavy atom. The average molecular weight is 448 g/mol. The second-order valence-corrected chi connectivity index (χ2v) is 7.64. The van der Waals surface area contributed by atoms with Gasteiger partial charge < -0.3 is 9.13 Å². The van der Waals surface area contributed by atoms with Gasteiger partial charge in [0.15, 0.2) is 11.6 Å². The van der Waals surface area contributed by atoms with Crippen LogP contribution in [0.2, 0.25) is 0 Å². The van der Waals surface area contributed by atoms with E-state index < -0.39 is 17.4 Å². The Morgan fingerprint density at radius 3 is 2.44 bits per heavy atom. The normalized spacial score (nSPS) is 15.3. The first-order chi connectivity index (χ1) is 15.1. The fourth-order valence-electron chi connectivity index (χ4n) is 4.10. The second-order valence-electron chi connectivity index (χ2n) is 7.64. The highest BCUT2D eigenvalue weighted by molar-refractivity contribution is 5.93. The first kappa shape index (κ1) is 22.0. The van der Waals surface area contributed by atoms with Crippen LogP contribution in [0.1, 0.15) is 31.5 Å². The number of hydrogen-bond donors (Lipinski definition) is 0. The maximum absolute atomic E-state index is 13.5. The summed E-state index contributed by atoms with van der Waals surface area (Å²) in [5.41, 5.74) is -0.680. The van der Waals surface area contributed by atoms with E-state index in [1.54, 1.807) is 26.1 Å². The van der Waals surface area contributed by atoms with Crippen LogP contribution in [0.4, 0.5) is 19.0 Å². The lowest BCUT2D eigenvalue weighted by Crippen LogP contribution is -2.39. The zero-order chi connectivity index (χ0) is 23.4. The van der Waals surface area contributed by atoms with Crippen molar-refractivity contribution in [3.8, 4) is 11.5 Å². The third-order valence-corrected chi connectivity index (χ3v) is 5.72. The number of hydrazine groups is 1. The predicted octanol–water partition coefficient (Wildman–Crippen LogP) is 3.12. The van der Waals surface area contributed by atoms with Gasteiger partial charge in [-0.15, -0.1) is 0 Å². The molecule has 4 rings (SSSR count). The monoisotopic (exact) mass is 448 g/mol. The molecular formula is C21H23F3N6O2. The van der Waals surface area contributed by atoms with Crippen LogP contribution in [0.3, 0.4) is 0 Å². The van der Waals surface area contributed by atoms with Gasteiger partial charge in [0.2, 0.25) is 5.91 Å². The van der Waals surface area contributed by atoms with Gasteiger partial charge in [0, 0.05) is 33.1 Å². The van der Waals surface area contributed by atoms with Gasteiger partial charge in [-0.3, -0.25) is 9.59 Å². The van der Waals surface area contributed by atoms with Crippen molar-refractivity contribution < 1.29 is 18.0 Å². The molecule has 0 saturated carbocycles. The van der Waals surface area contributed by atoms with Gasteiger partial charge in [0.1, 0.15) is 16.9 Å². The maximum Gasteiger partial charge on any atom is 0.431 e. The lowest BCUT2D eigenvalue weighted by atomic mass is 10.2. The van der Waals surface area contributed by atoms with Crippen LogP contribution in [0.5, 0.6) is 0 Å². The highest BCUT2D eigenvalue weighted by atomic mass is 19.4. The standard InChI is InChI=1S/C21H23F3N6O2/c1-5-28-10-9-16(31)30(28)15-8-7-12(3)17(26-15)19-25-13-11-14(21(22,23)24)29(6-2)20(32)18(13)27(19)4/h7-8,11H,5-6,9-10H2,1-4H3. The molecule has 1 aliphatic heterocycles. The van der Waals surface area contributed by atoms with Crippen molar-refractivity contribution in [2.75, 3.05) is 18.1 Å². The number of carbonyl (C=O) groups is 1.